The molecular formula is C9H17BrN2O2. The van der Waals surface area contributed by atoms with Gasteiger partial charge in [-0.1, -0.05) is 0 Å². The molecule has 1 saturated heterocycles. The van der Waals surface area contributed by atoms with Gasteiger partial charge in [-0.2, -0.15) is 0 Å². The van der Waals surface area contributed by atoms with Crippen molar-refractivity contribution in [3.05, 3.63) is 0 Å². The standard InChI is InChI=1S/C9H17BrN2O2/c1-9(2,3)14-8(13)11-4-6-12(10)7-5-11/h4-7H2,1-3H3. The van der Waals surface area contributed by atoms with Gasteiger partial charge in [0.2, 0.25) is 0 Å². The Morgan fingerprint density at radius 1 is 1.21 bits per heavy atom. The third-order valence-electron chi connectivity index (χ3n) is 1.88. The molecule has 0 N–H and O–H groups in total. The summed E-state index contributed by atoms with van der Waals surface area (Å²) in [6.45, 7) is 8.78. The van der Waals surface area contributed by atoms with E-state index < -0.39 is 5.60 Å². The van der Waals surface area contributed by atoms with Crippen LogP contribution in [-0.2, 0) is 4.74 Å². The molecule has 0 spiro atoms. The smallest absolute Gasteiger partial charge is 0.410 e. The van der Waals surface area contributed by atoms with Crippen molar-refractivity contribution in [2.75, 3.05) is 26.2 Å². The van der Waals surface area contributed by atoms with Crippen LogP contribution in [0.3, 0.4) is 0 Å². The molecule has 0 aromatic carbocycles. The molecule has 1 fully saturated rings. The van der Waals surface area contributed by atoms with Gasteiger partial charge in [0.25, 0.3) is 0 Å². The average Bonchev–Trinajstić information content (AvgIpc) is 2.02. The average molecular weight is 265 g/mol. The first-order valence-electron chi connectivity index (χ1n) is 4.77. The monoisotopic (exact) mass is 264 g/mol. The number of carbonyl (C=O) groups is 1. The van der Waals surface area contributed by atoms with E-state index in [9.17, 15) is 4.79 Å². The lowest BCUT2D eigenvalue weighted by atomic mass is 10.2. The topological polar surface area (TPSA) is 32.8 Å². The van der Waals surface area contributed by atoms with Crippen LogP contribution in [0.2, 0.25) is 0 Å². The fraction of sp³-hybridized carbons (Fsp3) is 0.889. The lowest BCUT2D eigenvalue weighted by Crippen LogP contribution is -2.47. The molecule has 0 aliphatic carbocycles. The van der Waals surface area contributed by atoms with Crippen molar-refractivity contribution in [1.82, 2.24) is 8.83 Å². The second-order valence-corrected chi connectivity index (χ2v) is 5.38. The van der Waals surface area contributed by atoms with E-state index in [0.717, 1.165) is 26.2 Å². The fourth-order valence-corrected chi connectivity index (χ4v) is 1.51. The summed E-state index contributed by atoms with van der Waals surface area (Å²) < 4.78 is 7.29. The molecule has 1 rings (SSSR count). The summed E-state index contributed by atoms with van der Waals surface area (Å²) in [6, 6.07) is 0. The van der Waals surface area contributed by atoms with E-state index in [2.05, 4.69) is 16.1 Å². The van der Waals surface area contributed by atoms with Gasteiger partial charge in [-0.15, -0.1) is 0 Å². The molecule has 14 heavy (non-hydrogen) atoms. The highest BCUT2D eigenvalue weighted by Gasteiger charge is 2.24. The summed E-state index contributed by atoms with van der Waals surface area (Å²) in [7, 11) is 0. The Morgan fingerprint density at radius 3 is 2.14 bits per heavy atom. The van der Waals surface area contributed by atoms with E-state index >= 15 is 0 Å². The maximum absolute atomic E-state index is 11.6. The number of nitrogens with zero attached hydrogens (tertiary/aromatic N) is 2. The first-order chi connectivity index (χ1) is 6.38. The number of carbonyl (C=O) groups excluding carboxylic acids is 1. The normalized spacial score (nSPS) is 19.6. The van der Waals surface area contributed by atoms with Crippen molar-refractivity contribution >= 4 is 22.2 Å². The van der Waals surface area contributed by atoms with Gasteiger partial charge in [-0.05, 0) is 20.8 Å². The summed E-state index contributed by atoms with van der Waals surface area (Å²) in [5.74, 6) is 0. The maximum atomic E-state index is 11.6. The third-order valence-corrected chi connectivity index (χ3v) is 2.59. The lowest BCUT2D eigenvalue weighted by Gasteiger charge is -2.32. The van der Waals surface area contributed by atoms with Crippen LogP contribution < -0.4 is 0 Å². The first kappa shape index (κ1) is 11.8. The number of hydrogen-bond donors (Lipinski definition) is 0. The highest BCUT2D eigenvalue weighted by molar-refractivity contribution is 9.07. The quantitative estimate of drug-likeness (QED) is 0.627. The highest BCUT2D eigenvalue weighted by Crippen LogP contribution is 2.12. The van der Waals surface area contributed by atoms with E-state index in [1.165, 1.54) is 0 Å². The number of hydrogen-bond acceptors (Lipinski definition) is 3. The molecule has 0 radical (unpaired) electrons. The van der Waals surface area contributed by atoms with Crippen LogP contribution in [0.5, 0.6) is 0 Å². The predicted molar refractivity (Wildman–Crippen MR) is 58.3 cm³/mol. The van der Waals surface area contributed by atoms with Gasteiger partial charge in [-0.25, -0.2) is 8.72 Å². The van der Waals surface area contributed by atoms with Gasteiger partial charge in [0, 0.05) is 42.3 Å². The van der Waals surface area contributed by atoms with Crippen molar-refractivity contribution in [3.8, 4) is 0 Å². The Morgan fingerprint density at radius 2 is 1.71 bits per heavy atom. The molecule has 0 aromatic rings. The Labute approximate surface area is 93.5 Å². The Hall–Kier alpha value is -0.290. The minimum Gasteiger partial charge on any atom is -0.444 e. The molecule has 4 nitrogen and oxygen atoms in total. The van der Waals surface area contributed by atoms with Crippen LogP contribution in [0.25, 0.3) is 0 Å². The molecule has 0 saturated carbocycles. The van der Waals surface area contributed by atoms with Gasteiger partial charge in [0.15, 0.2) is 0 Å². The number of amides is 1. The number of rotatable bonds is 0. The maximum Gasteiger partial charge on any atom is 0.410 e. The predicted octanol–water partition coefficient (Wildman–Crippen LogP) is 1.85. The molecule has 1 heterocycles. The van der Waals surface area contributed by atoms with Crippen LogP contribution >= 0.6 is 16.1 Å². The molecule has 1 amide bonds. The van der Waals surface area contributed by atoms with Gasteiger partial charge in [0.05, 0.1) is 0 Å². The summed E-state index contributed by atoms with van der Waals surface area (Å²) in [5, 5.41) is 0. The second-order valence-electron chi connectivity index (χ2n) is 4.38. The lowest BCUT2D eigenvalue weighted by molar-refractivity contribution is 0.0200. The van der Waals surface area contributed by atoms with E-state index in [1.807, 2.05) is 24.7 Å². The van der Waals surface area contributed by atoms with Crippen LogP contribution in [-0.4, -0.2) is 46.7 Å². The van der Waals surface area contributed by atoms with Crippen molar-refractivity contribution in [2.45, 2.75) is 26.4 Å². The van der Waals surface area contributed by atoms with Gasteiger partial charge in [0.1, 0.15) is 5.60 Å². The van der Waals surface area contributed by atoms with Crippen LogP contribution in [0.1, 0.15) is 20.8 Å². The summed E-state index contributed by atoms with van der Waals surface area (Å²) in [6.07, 6.45) is -0.210. The first-order valence-corrected chi connectivity index (χ1v) is 5.48. The van der Waals surface area contributed by atoms with Crippen LogP contribution in [0.4, 0.5) is 4.79 Å². The van der Waals surface area contributed by atoms with Crippen molar-refractivity contribution in [1.29, 1.82) is 0 Å². The minimum atomic E-state index is -0.400. The molecule has 0 atom stereocenters. The second kappa shape index (κ2) is 4.49. The zero-order chi connectivity index (χ0) is 10.8. The van der Waals surface area contributed by atoms with Crippen molar-refractivity contribution in [2.24, 2.45) is 0 Å². The summed E-state index contributed by atoms with van der Waals surface area (Å²) >= 11 is 3.38. The Balaban J connectivity index is 2.38. The Kier molecular flexibility index (Phi) is 3.78. The molecule has 5 heteroatoms. The molecular weight excluding hydrogens is 248 g/mol. The largest absolute Gasteiger partial charge is 0.444 e. The van der Waals surface area contributed by atoms with E-state index in [-0.39, 0.29) is 6.09 Å². The number of piperazine rings is 1. The van der Waals surface area contributed by atoms with Gasteiger partial charge in [-0.3, -0.25) is 0 Å². The van der Waals surface area contributed by atoms with Crippen LogP contribution in [0.15, 0.2) is 0 Å². The number of halogens is 1. The number of ether oxygens (including phenoxy) is 1. The Bertz CT molecular complexity index is 207. The van der Waals surface area contributed by atoms with Crippen molar-refractivity contribution in [3.63, 3.8) is 0 Å². The molecule has 82 valence electrons. The molecule has 0 bridgehead atoms. The molecule has 0 aromatic heterocycles. The minimum absolute atomic E-state index is 0.210. The zero-order valence-corrected chi connectivity index (χ0v) is 10.5. The summed E-state index contributed by atoms with van der Waals surface area (Å²) in [5.41, 5.74) is -0.400. The van der Waals surface area contributed by atoms with Gasteiger partial charge < -0.3 is 9.64 Å². The van der Waals surface area contributed by atoms with Gasteiger partial charge >= 0.3 is 6.09 Å². The van der Waals surface area contributed by atoms with E-state index in [4.69, 9.17) is 4.74 Å². The zero-order valence-electron chi connectivity index (χ0n) is 8.92. The van der Waals surface area contributed by atoms with Crippen LogP contribution in [0, 0.1) is 0 Å². The molecule has 0 unspecified atom stereocenters. The molecule has 1 aliphatic rings. The third kappa shape index (κ3) is 3.84. The van der Waals surface area contributed by atoms with E-state index in [0.29, 0.717) is 0 Å². The molecule has 1 aliphatic heterocycles. The SMILES string of the molecule is CC(C)(C)OC(=O)N1CCN(Br)CC1. The van der Waals surface area contributed by atoms with E-state index in [1.54, 1.807) is 4.90 Å². The summed E-state index contributed by atoms with van der Waals surface area (Å²) in [4.78, 5) is 13.3. The highest BCUT2D eigenvalue weighted by atomic mass is 79.9. The van der Waals surface area contributed by atoms with Crippen molar-refractivity contribution < 1.29 is 9.53 Å². The fourth-order valence-electron chi connectivity index (χ4n) is 1.19.